The van der Waals surface area contributed by atoms with Gasteiger partial charge in [-0.05, 0) is 43.4 Å². The van der Waals surface area contributed by atoms with E-state index in [1.165, 1.54) is 6.07 Å². The largest absolute Gasteiger partial charge is 0.313 e. The molecule has 4 rings (SSSR count). The summed E-state index contributed by atoms with van der Waals surface area (Å²) in [6.45, 7) is 2.12. The number of ketones is 1. The minimum atomic E-state index is -0.633. The zero-order chi connectivity index (χ0) is 20.6. The Hall–Kier alpha value is -2.57. The van der Waals surface area contributed by atoms with Crippen molar-refractivity contribution in [2.24, 2.45) is 5.92 Å². The highest BCUT2D eigenvalue weighted by Crippen LogP contribution is 2.31. The van der Waals surface area contributed by atoms with Crippen LogP contribution in [0.25, 0.3) is 0 Å². The maximum atomic E-state index is 13.8. The summed E-state index contributed by atoms with van der Waals surface area (Å²) in [5.41, 5.74) is 2.04. The third-order valence-corrected chi connectivity index (χ3v) is 6.22. The molecule has 1 spiro atoms. The van der Waals surface area contributed by atoms with Crippen molar-refractivity contribution in [1.29, 1.82) is 0 Å². The molecule has 2 aromatic carbocycles. The molecular weight excluding hydrogens is 369 g/mol. The molecule has 29 heavy (non-hydrogen) atoms. The maximum Gasteiger partial charge on any atom is 0.242 e. The number of piperidine rings is 1. The predicted molar refractivity (Wildman–Crippen MR) is 109 cm³/mol. The SMILES string of the molecule is Cc1ccc(C(=O)C2CCC3(NC2)NC(Cc2ccccc2)C(=O)N3C)cc1F. The zero-order valence-corrected chi connectivity index (χ0v) is 16.7. The van der Waals surface area contributed by atoms with E-state index in [0.29, 0.717) is 36.9 Å². The molecule has 2 aliphatic rings. The summed E-state index contributed by atoms with van der Waals surface area (Å²) in [4.78, 5) is 27.3. The molecule has 5 nitrogen and oxygen atoms in total. The molecule has 0 aromatic heterocycles. The van der Waals surface area contributed by atoms with Gasteiger partial charge in [0, 0.05) is 25.1 Å². The standard InChI is InChI=1S/C23H26FN3O2/c1-15-8-9-17(13-19(15)24)21(28)18-10-11-23(25-14-18)26-20(22(29)27(23)2)12-16-6-4-3-5-7-16/h3-9,13,18,20,25-26H,10-12,14H2,1-2H3. The van der Waals surface area contributed by atoms with E-state index in [2.05, 4.69) is 10.6 Å². The van der Waals surface area contributed by atoms with Crippen molar-refractivity contribution < 1.29 is 14.0 Å². The first-order valence-electron chi connectivity index (χ1n) is 10.0. The summed E-state index contributed by atoms with van der Waals surface area (Å²) in [5, 5.41) is 6.86. The van der Waals surface area contributed by atoms with E-state index in [9.17, 15) is 14.0 Å². The Bertz CT molecular complexity index is 923. The molecular formula is C23H26FN3O2. The predicted octanol–water partition coefficient (Wildman–Crippen LogP) is 2.64. The molecule has 2 saturated heterocycles. The van der Waals surface area contributed by atoms with Crippen molar-refractivity contribution in [2.75, 3.05) is 13.6 Å². The Morgan fingerprint density at radius 3 is 2.66 bits per heavy atom. The number of carbonyl (C=O) groups is 2. The van der Waals surface area contributed by atoms with Crippen molar-refractivity contribution in [3.8, 4) is 0 Å². The average Bonchev–Trinajstić information content (AvgIpc) is 2.95. The van der Waals surface area contributed by atoms with Crippen molar-refractivity contribution in [3.63, 3.8) is 0 Å². The molecule has 0 radical (unpaired) electrons. The lowest BCUT2D eigenvalue weighted by Gasteiger charge is -2.42. The van der Waals surface area contributed by atoms with Gasteiger partial charge < -0.3 is 4.90 Å². The summed E-state index contributed by atoms with van der Waals surface area (Å²) >= 11 is 0. The number of benzene rings is 2. The van der Waals surface area contributed by atoms with Crippen LogP contribution in [0.4, 0.5) is 4.39 Å². The van der Waals surface area contributed by atoms with E-state index < -0.39 is 5.79 Å². The van der Waals surface area contributed by atoms with Crippen molar-refractivity contribution >= 4 is 11.7 Å². The number of halogens is 1. The number of likely N-dealkylation sites (N-methyl/N-ethyl adjacent to an activating group) is 1. The van der Waals surface area contributed by atoms with E-state index in [-0.39, 0.29) is 29.5 Å². The van der Waals surface area contributed by atoms with Crippen LogP contribution in [-0.4, -0.2) is 42.0 Å². The normalized spacial score (nSPS) is 26.9. The van der Waals surface area contributed by atoms with Crippen LogP contribution >= 0.6 is 0 Å². The van der Waals surface area contributed by atoms with E-state index in [1.807, 2.05) is 30.3 Å². The fourth-order valence-electron chi connectivity index (χ4n) is 4.34. The van der Waals surface area contributed by atoms with Crippen LogP contribution in [0.15, 0.2) is 48.5 Å². The lowest BCUT2D eigenvalue weighted by atomic mass is 9.87. The van der Waals surface area contributed by atoms with E-state index in [0.717, 1.165) is 5.56 Å². The van der Waals surface area contributed by atoms with E-state index in [1.54, 1.807) is 31.0 Å². The highest BCUT2D eigenvalue weighted by atomic mass is 19.1. The van der Waals surface area contributed by atoms with Gasteiger partial charge in [0.1, 0.15) is 11.6 Å². The molecule has 0 bridgehead atoms. The van der Waals surface area contributed by atoms with Gasteiger partial charge in [0.15, 0.2) is 5.78 Å². The number of rotatable bonds is 4. The van der Waals surface area contributed by atoms with Crippen LogP contribution in [0.3, 0.4) is 0 Å². The summed E-state index contributed by atoms with van der Waals surface area (Å²) in [5.74, 6) is -1.24. The molecule has 2 N–H and O–H groups in total. The van der Waals surface area contributed by atoms with Crippen molar-refractivity contribution in [1.82, 2.24) is 15.5 Å². The second-order valence-electron chi connectivity index (χ2n) is 8.09. The molecule has 0 aliphatic carbocycles. The number of hydrogen-bond acceptors (Lipinski definition) is 4. The Labute approximate surface area is 170 Å². The van der Waals surface area contributed by atoms with Gasteiger partial charge in [0.2, 0.25) is 5.91 Å². The summed E-state index contributed by atoms with van der Waals surface area (Å²) in [6, 6.07) is 14.3. The molecule has 6 heteroatoms. The molecule has 3 atom stereocenters. The Morgan fingerprint density at radius 1 is 1.24 bits per heavy atom. The Balaban J connectivity index is 1.43. The molecule has 152 valence electrons. The highest BCUT2D eigenvalue weighted by Gasteiger charge is 2.50. The number of carbonyl (C=O) groups excluding carboxylic acids is 2. The summed E-state index contributed by atoms with van der Waals surface area (Å²) in [7, 11) is 1.80. The number of nitrogens with zero attached hydrogens (tertiary/aromatic N) is 1. The molecule has 2 aromatic rings. The average molecular weight is 395 g/mol. The number of aryl methyl sites for hydroxylation is 1. The van der Waals surface area contributed by atoms with Crippen molar-refractivity contribution in [3.05, 3.63) is 71.0 Å². The second kappa shape index (κ2) is 7.69. The van der Waals surface area contributed by atoms with Crippen LogP contribution in [0.5, 0.6) is 0 Å². The minimum Gasteiger partial charge on any atom is -0.313 e. The van der Waals surface area contributed by atoms with Crippen LogP contribution in [0, 0.1) is 18.7 Å². The lowest BCUT2D eigenvalue weighted by Crippen LogP contribution is -2.65. The molecule has 1 amide bonds. The third-order valence-electron chi connectivity index (χ3n) is 6.22. The van der Waals surface area contributed by atoms with E-state index in [4.69, 9.17) is 0 Å². The maximum absolute atomic E-state index is 13.8. The highest BCUT2D eigenvalue weighted by molar-refractivity contribution is 5.98. The second-order valence-corrected chi connectivity index (χ2v) is 8.09. The van der Waals surface area contributed by atoms with Gasteiger partial charge in [-0.15, -0.1) is 0 Å². The van der Waals surface area contributed by atoms with Gasteiger partial charge in [0.05, 0.1) is 6.04 Å². The van der Waals surface area contributed by atoms with Crippen LogP contribution in [0.1, 0.15) is 34.3 Å². The fraction of sp³-hybridized carbons (Fsp3) is 0.391. The Morgan fingerprint density at radius 2 is 2.00 bits per heavy atom. The number of nitrogens with one attached hydrogen (secondary N) is 2. The monoisotopic (exact) mass is 395 g/mol. The fourth-order valence-corrected chi connectivity index (χ4v) is 4.34. The number of Topliss-reactive ketones (excluding diaryl/α,β-unsaturated/α-hetero) is 1. The topological polar surface area (TPSA) is 61.4 Å². The van der Waals surface area contributed by atoms with Crippen LogP contribution in [0.2, 0.25) is 0 Å². The first kappa shape index (κ1) is 19.7. The quantitative estimate of drug-likeness (QED) is 0.782. The van der Waals surface area contributed by atoms with Gasteiger partial charge in [-0.3, -0.25) is 20.2 Å². The minimum absolute atomic E-state index is 0.0479. The Kier molecular flexibility index (Phi) is 5.23. The van der Waals surface area contributed by atoms with Gasteiger partial charge >= 0.3 is 0 Å². The number of amides is 1. The molecule has 2 heterocycles. The lowest BCUT2D eigenvalue weighted by molar-refractivity contribution is -0.132. The molecule has 2 fully saturated rings. The van der Waals surface area contributed by atoms with E-state index >= 15 is 0 Å². The van der Waals surface area contributed by atoms with Crippen molar-refractivity contribution in [2.45, 2.75) is 38.0 Å². The first-order valence-corrected chi connectivity index (χ1v) is 10.0. The molecule has 2 aliphatic heterocycles. The van der Waals surface area contributed by atoms with Gasteiger partial charge in [0.25, 0.3) is 0 Å². The van der Waals surface area contributed by atoms with Gasteiger partial charge in [-0.25, -0.2) is 4.39 Å². The number of hydrogen-bond donors (Lipinski definition) is 2. The third kappa shape index (κ3) is 3.70. The first-order chi connectivity index (χ1) is 13.9. The zero-order valence-electron chi connectivity index (χ0n) is 16.7. The van der Waals surface area contributed by atoms with Crippen LogP contribution in [-0.2, 0) is 11.2 Å². The smallest absolute Gasteiger partial charge is 0.242 e. The molecule has 3 unspecified atom stereocenters. The summed E-state index contributed by atoms with van der Waals surface area (Å²) in [6.07, 6.45) is 1.87. The summed E-state index contributed by atoms with van der Waals surface area (Å²) < 4.78 is 13.8. The van der Waals surface area contributed by atoms with Crippen LogP contribution < -0.4 is 10.6 Å². The van der Waals surface area contributed by atoms with Gasteiger partial charge in [-0.2, -0.15) is 0 Å². The molecule has 0 saturated carbocycles. The van der Waals surface area contributed by atoms with Gasteiger partial charge in [-0.1, -0.05) is 42.5 Å².